The van der Waals surface area contributed by atoms with Crippen LogP contribution in [-0.4, -0.2) is 24.5 Å². The molecule has 98 valence electrons. The van der Waals surface area contributed by atoms with Crippen LogP contribution in [0.2, 0.25) is 0 Å². The number of carbonyl (C=O) groups is 1. The number of Topliss-reactive ketones (excluding diaryl/α,β-unsaturated/α-hetero) is 1. The van der Waals surface area contributed by atoms with Crippen LogP contribution in [0, 0.1) is 6.92 Å². The van der Waals surface area contributed by atoms with Gasteiger partial charge in [-0.1, -0.05) is 6.07 Å². The monoisotopic (exact) mass is 257 g/mol. The highest BCUT2D eigenvalue weighted by molar-refractivity contribution is 5.97. The highest BCUT2D eigenvalue weighted by atomic mass is 16.5. The maximum atomic E-state index is 11.9. The van der Waals surface area contributed by atoms with Crippen LogP contribution in [0.5, 0.6) is 11.6 Å². The molecule has 19 heavy (non-hydrogen) atoms. The van der Waals surface area contributed by atoms with Crippen molar-refractivity contribution in [1.29, 1.82) is 0 Å². The summed E-state index contributed by atoms with van der Waals surface area (Å²) in [5.41, 5.74) is 1.45. The van der Waals surface area contributed by atoms with E-state index in [1.165, 1.54) is 0 Å². The van der Waals surface area contributed by atoms with E-state index in [1.54, 1.807) is 37.4 Å². The fraction of sp³-hybridized carbons (Fsp3) is 0.200. The normalized spacial score (nSPS) is 10.0. The highest BCUT2D eigenvalue weighted by Crippen LogP contribution is 2.12. The molecule has 0 atom stereocenters. The van der Waals surface area contributed by atoms with Crippen LogP contribution in [0.25, 0.3) is 0 Å². The maximum absolute atomic E-state index is 11.9. The Morgan fingerprint density at radius 1 is 1.16 bits per heavy atom. The molecule has 2 aromatic rings. The first-order chi connectivity index (χ1) is 9.19. The summed E-state index contributed by atoms with van der Waals surface area (Å²) in [7, 11) is 1.59. The number of carbonyl (C=O) groups excluding carboxylic acids is 1. The number of rotatable bonds is 5. The van der Waals surface area contributed by atoms with Crippen molar-refractivity contribution in [3.63, 3.8) is 0 Å². The molecule has 4 nitrogen and oxygen atoms in total. The average Bonchev–Trinajstić information content (AvgIpc) is 2.45. The summed E-state index contributed by atoms with van der Waals surface area (Å²) >= 11 is 0. The third kappa shape index (κ3) is 3.55. The predicted molar refractivity (Wildman–Crippen MR) is 71.8 cm³/mol. The Balaban J connectivity index is 1.97. The molecule has 0 aliphatic carbocycles. The number of aromatic nitrogens is 1. The molecule has 2 rings (SSSR count). The number of methoxy groups -OCH3 is 1. The second kappa shape index (κ2) is 6.00. The molecule has 1 heterocycles. The molecule has 0 bridgehead atoms. The zero-order valence-electron chi connectivity index (χ0n) is 10.9. The zero-order chi connectivity index (χ0) is 13.7. The molecular formula is C15H15NO3. The number of ketones is 1. The van der Waals surface area contributed by atoms with Crippen molar-refractivity contribution in [3.8, 4) is 11.6 Å². The Morgan fingerprint density at radius 3 is 2.53 bits per heavy atom. The predicted octanol–water partition coefficient (Wildman–Crippen LogP) is 2.66. The van der Waals surface area contributed by atoms with Gasteiger partial charge < -0.3 is 9.47 Å². The molecule has 0 aliphatic heterocycles. The van der Waals surface area contributed by atoms with Crippen LogP contribution in [0.1, 0.15) is 16.1 Å². The van der Waals surface area contributed by atoms with E-state index in [-0.39, 0.29) is 12.4 Å². The first-order valence-electron chi connectivity index (χ1n) is 5.93. The van der Waals surface area contributed by atoms with Crippen LogP contribution in [0.4, 0.5) is 0 Å². The molecule has 1 aromatic heterocycles. The van der Waals surface area contributed by atoms with E-state index < -0.39 is 0 Å². The van der Waals surface area contributed by atoms with Gasteiger partial charge in [0, 0.05) is 17.3 Å². The summed E-state index contributed by atoms with van der Waals surface area (Å²) in [6.45, 7) is 1.85. The summed E-state index contributed by atoms with van der Waals surface area (Å²) < 4.78 is 10.4. The van der Waals surface area contributed by atoms with E-state index in [1.807, 2.05) is 19.1 Å². The molecular weight excluding hydrogens is 242 g/mol. The van der Waals surface area contributed by atoms with Crippen molar-refractivity contribution >= 4 is 5.78 Å². The smallest absolute Gasteiger partial charge is 0.213 e. The van der Waals surface area contributed by atoms with E-state index >= 15 is 0 Å². The fourth-order valence-electron chi connectivity index (χ4n) is 1.60. The Labute approximate surface area is 112 Å². The maximum Gasteiger partial charge on any atom is 0.213 e. The molecule has 0 spiro atoms. The molecule has 0 radical (unpaired) electrons. The summed E-state index contributed by atoms with van der Waals surface area (Å²) in [4.78, 5) is 16.1. The molecule has 0 amide bonds. The van der Waals surface area contributed by atoms with E-state index in [0.29, 0.717) is 11.4 Å². The lowest BCUT2D eigenvalue weighted by Crippen LogP contribution is -2.12. The lowest BCUT2D eigenvalue weighted by atomic mass is 10.1. The fourth-order valence-corrected chi connectivity index (χ4v) is 1.60. The Kier molecular flexibility index (Phi) is 4.13. The van der Waals surface area contributed by atoms with Crippen molar-refractivity contribution in [2.45, 2.75) is 6.92 Å². The molecule has 0 unspecified atom stereocenters. The van der Waals surface area contributed by atoms with Crippen molar-refractivity contribution in [2.75, 3.05) is 13.7 Å². The lowest BCUT2D eigenvalue weighted by Gasteiger charge is -2.06. The van der Waals surface area contributed by atoms with Crippen molar-refractivity contribution in [3.05, 3.63) is 53.7 Å². The SMILES string of the molecule is COc1ccc(C(=O)COc2cccc(C)n2)cc1. The largest absolute Gasteiger partial charge is 0.497 e. The number of hydrogen-bond acceptors (Lipinski definition) is 4. The standard InChI is InChI=1S/C15H15NO3/c1-11-4-3-5-15(16-11)19-10-14(17)12-6-8-13(18-2)9-7-12/h3-9H,10H2,1-2H3. The minimum absolute atomic E-state index is 0.0250. The molecule has 4 heteroatoms. The van der Waals surface area contributed by atoms with Crippen molar-refractivity contribution in [1.82, 2.24) is 4.98 Å². The first kappa shape index (κ1) is 13.1. The van der Waals surface area contributed by atoms with Crippen LogP contribution in [0.15, 0.2) is 42.5 Å². The van der Waals surface area contributed by atoms with Gasteiger partial charge in [-0.3, -0.25) is 4.79 Å². The molecule has 0 N–H and O–H groups in total. The van der Waals surface area contributed by atoms with Gasteiger partial charge in [0.05, 0.1) is 7.11 Å². The Morgan fingerprint density at radius 2 is 1.89 bits per heavy atom. The van der Waals surface area contributed by atoms with E-state index in [9.17, 15) is 4.79 Å². The lowest BCUT2D eigenvalue weighted by molar-refractivity contribution is 0.0918. The van der Waals surface area contributed by atoms with Gasteiger partial charge in [-0.05, 0) is 37.3 Å². The third-order valence-electron chi connectivity index (χ3n) is 2.63. The number of hydrogen-bond donors (Lipinski definition) is 0. The first-order valence-corrected chi connectivity index (χ1v) is 5.93. The van der Waals surface area contributed by atoms with E-state index in [2.05, 4.69) is 4.98 Å². The Bertz CT molecular complexity index is 564. The molecule has 0 saturated heterocycles. The molecule has 0 saturated carbocycles. The number of pyridine rings is 1. The van der Waals surface area contributed by atoms with Gasteiger partial charge in [-0.15, -0.1) is 0 Å². The second-order valence-electron chi connectivity index (χ2n) is 4.06. The van der Waals surface area contributed by atoms with E-state index in [0.717, 1.165) is 11.4 Å². The summed E-state index contributed by atoms with van der Waals surface area (Å²) in [6, 6.07) is 12.4. The molecule has 1 aromatic carbocycles. The second-order valence-corrected chi connectivity index (χ2v) is 4.06. The Hall–Kier alpha value is -2.36. The van der Waals surface area contributed by atoms with Gasteiger partial charge in [-0.2, -0.15) is 0 Å². The zero-order valence-corrected chi connectivity index (χ0v) is 10.9. The van der Waals surface area contributed by atoms with Gasteiger partial charge >= 0.3 is 0 Å². The summed E-state index contributed by atoms with van der Waals surface area (Å²) in [5.74, 6) is 1.09. The summed E-state index contributed by atoms with van der Waals surface area (Å²) in [6.07, 6.45) is 0. The van der Waals surface area contributed by atoms with Gasteiger partial charge in [0.2, 0.25) is 5.88 Å². The minimum atomic E-state index is -0.0917. The third-order valence-corrected chi connectivity index (χ3v) is 2.63. The van der Waals surface area contributed by atoms with Crippen LogP contribution >= 0.6 is 0 Å². The molecule has 0 fully saturated rings. The van der Waals surface area contributed by atoms with Gasteiger partial charge in [0.15, 0.2) is 12.4 Å². The topological polar surface area (TPSA) is 48.4 Å². The van der Waals surface area contributed by atoms with Gasteiger partial charge in [0.25, 0.3) is 0 Å². The van der Waals surface area contributed by atoms with Crippen LogP contribution in [0.3, 0.4) is 0 Å². The molecule has 0 aliphatic rings. The van der Waals surface area contributed by atoms with Crippen LogP contribution < -0.4 is 9.47 Å². The minimum Gasteiger partial charge on any atom is -0.497 e. The number of nitrogens with zero attached hydrogens (tertiary/aromatic N) is 1. The number of ether oxygens (including phenoxy) is 2. The van der Waals surface area contributed by atoms with Gasteiger partial charge in [-0.25, -0.2) is 4.98 Å². The van der Waals surface area contributed by atoms with E-state index in [4.69, 9.17) is 9.47 Å². The quantitative estimate of drug-likeness (QED) is 0.773. The average molecular weight is 257 g/mol. The number of aryl methyl sites for hydroxylation is 1. The number of benzene rings is 1. The van der Waals surface area contributed by atoms with Crippen molar-refractivity contribution < 1.29 is 14.3 Å². The van der Waals surface area contributed by atoms with Crippen LogP contribution in [-0.2, 0) is 0 Å². The van der Waals surface area contributed by atoms with Crippen molar-refractivity contribution in [2.24, 2.45) is 0 Å². The summed E-state index contributed by atoms with van der Waals surface area (Å²) in [5, 5.41) is 0. The van der Waals surface area contributed by atoms with Gasteiger partial charge in [0.1, 0.15) is 5.75 Å². The highest BCUT2D eigenvalue weighted by Gasteiger charge is 2.07.